The minimum Gasteiger partial charge on any atom is -0.494 e. The molecule has 3 rings (SSSR count). The number of carbonyl (C=O) groups excluding carboxylic acids is 1. The van der Waals surface area contributed by atoms with E-state index in [0.29, 0.717) is 23.2 Å². The molecule has 1 amide bonds. The van der Waals surface area contributed by atoms with Crippen molar-refractivity contribution in [2.75, 3.05) is 26.1 Å². The molecule has 0 unspecified atom stereocenters. The summed E-state index contributed by atoms with van der Waals surface area (Å²) in [6.07, 6.45) is 4.20. The third-order valence-electron chi connectivity index (χ3n) is 4.19. The number of nitrogens with zero attached hydrogens (tertiary/aromatic N) is 1. The molecule has 0 spiro atoms. The zero-order chi connectivity index (χ0) is 21.3. The van der Waals surface area contributed by atoms with Gasteiger partial charge in [0.25, 0.3) is 0 Å². The molecule has 0 fully saturated rings. The molecule has 0 aliphatic rings. The van der Waals surface area contributed by atoms with Crippen molar-refractivity contribution in [3.8, 4) is 28.5 Å². The van der Waals surface area contributed by atoms with E-state index in [1.807, 2.05) is 47.8 Å². The van der Waals surface area contributed by atoms with Crippen LogP contribution in [-0.4, -0.2) is 31.7 Å². The molecule has 0 saturated heterocycles. The molecule has 0 saturated carbocycles. The topological polar surface area (TPSA) is 69.7 Å². The lowest BCUT2D eigenvalue weighted by molar-refractivity contribution is -0.111. The predicted octanol–water partition coefficient (Wildman–Crippen LogP) is 5.27. The third-order valence-corrected chi connectivity index (χ3v) is 4.95. The van der Waals surface area contributed by atoms with Gasteiger partial charge in [0.05, 0.1) is 26.5 Å². The van der Waals surface area contributed by atoms with E-state index in [-0.39, 0.29) is 5.91 Å². The number of hydrogen-bond donors (Lipinski definition) is 1. The Hall–Kier alpha value is -3.32. The smallest absolute Gasteiger partial charge is 0.250 e. The Kier molecular flexibility index (Phi) is 7.45. The van der Waals surface area contributed by atoms with E-state index in [2.05, 4.69) is 17.2 Å². The number of amides is 1. The summed E-state index contributed by atoms with van der Waals surface area (Å²) in [5, 5.41) is 5.20. The van der Waals surface area contributed by atoms with Crippen molar-refractivity contribution in [2.45, 2.75) is 13.3 Å². The van der Waals surface area contributed by atoms with Crippen LogP contribution in [0.5, 0.6) is 17.2 Å². The highest BCUT2D eigenvalue weighted by Gasteiger charge is 2.10. The number of methoxy groups -OCH3 is 2. The number of carbonyl (C=O) groups is 1. The lowest BCUT2D eigenvalue weighted by Gasteiger charge is -2.08. The highest BCUT2D eigenvalue weighted by molar-refractivity contribution is 7.14. The fourth-order valence-electron chi connectivity index (χ4n) is 2.67. The predicted molar refractivity (Wildman–Crippen MR) is 121 cm³/mol. The van der Waals surface area contributed by atoms with E-state index >= 15 is 0 Å². The van der Waals surface area contributed by atoms with E-state index < -0.39 is 0 Å². The Balaban J connectivity index is 1.61. The first kappa shape index (κ1) is 21.4. The normalized spacial score (nSPS) is 10.8. The largest absolute Gasteiger partial charge is 0.494 e. The van der Waals surface area contributed by atoms with Gasteiger partial charge in [-0.3, -0.25) is 10.1 Å². The Bertz CT molecular complexity index is 1010. The molecule has 1 N–H and O–H groups in total. The van der Waals surface area contributed by atoms with Crippen LogP contribution in [0.25, 0.3) is 17.3 Å². The summed E-state index contributed by atoms with van der Waals surface area (Å²) >= 11 is 1.36. The van der Waals surface area contributed by atoms with Crippen LogP contribution in [0.15, 0.2) is 53.9 Å². The number of nitrogens with one attached hydrogen (secondary N) is 1. The summed E-state index contributed by atoms with van der Waals surface area (Å²) in [7, 11) is 3.18. The van der Waals surface area contributed by atoms with Crippen molar-refractivity contribution >= 4 is 28.5 Å². The molecule has 156 valence electrons. The number of ether oxygens (including phenoxy) is 3. The quantitative estimate of drug-likeness (QED) is 0.474. The molecule has 7 heteroatoms. The van der Waals surface area contributed by atoms with Gasteiger partial charge in [0.2, 0.25) is 5.91 Å². The van der Waals surface area contributed by atoms with Crippen molar-refractivity contribution in [2.24, 2.45) is 0 Å². The van der Waals surface area contributed by atoms with Crippen LogP contribution in [-0.2, 0) is 4.79 Å². The van der Waals surface area contributed by atoms with Crippen molar-refractivity contribution < 1.29 is 19.0 Å². The lowest BCUT2D eigenvalue weighted by atomic mass is 10.1. The molecule has 1 heterocycles. The fourth-order valence-corrected chi connectivity index (χ4v) is 3.40. The van der Waals surface area contributed by atoms with Gasteiger partial charge in [-0.2, -0.15) is 0 Å². The highest BCUT2D eigenvalue weighted by atomic mass is 32.1. The first-order valence-electron chi connectivity index (χ1n) is 9.52. The van der Waals surface area contributed by atoms with Crippen molar-refractivity contribution in [3.05, 3.63) is 59.5 Å². The van der Waals surface area contributed by atoms with E-state index in [4.69, 9.17) is 14.2 Å². The van der Waals surface area contributed by atoms with Crippen LogP contribution in [0.3, 0.4) is 0 Å². The molecule has 0 bridgehead atoms. The standard InChI is InChI=1S/C23H24N2O4S/c1-4-13-29-18-9-5-16(6-10-18)7-12-22(26)25-23-24-19(15-30-23)17-8-11-20(27-2)21(14-17)28-3/h5-12,14-15H,4,13H2,1-3H3,(H,24,25,26)/b12-7+. The molecule has 0 atom stereocenters. The Labute approximate surface area is 180 Å². The fraction of sp³-hybridized carbons (Fsp3) is 0.217. The van der Waals surface area contributed by atoms with Crippen LogP contribution in [0.1, 0.15) is 18.9 Å². The third kappa shape index (κ3) is 5.61. The SMILES string of the molecule is CCCOc1ccc(/C=C/C(=O)Nc2nc(-c3ccc(OC)c(OC)c3)cs2)cc1. The average molecular weight is 425 g/mol. The molecule has 0 radical (unpaired) electrons. The van der Waals surface area contributed by atoms with E-state index in [1.165, 1.54) is 17.4 Å². The zero-order valence-corrected chi connectivity index (χ0v) is 18.0. The number of rotatable bonds is 9. The van der Waals surface area contributed by atoms with Gasteiger partial charge in [0, 0.05) is 17.0 Å². The highest BCUT2D eigenvalue weighted by Crippen LogP contribution is 2.33. The Morgan fingerprint density at radius 2 is 1.87 bits per heavy atom. The summed E-state index contributed by atoms with van der Waals surface area (Å²) in [5.74, 6) is 1.86. The minimum absolute atomic E-state index is 0.241. The summed E-state index contributed by atoms with van der Waals surface area (Å²) in [6.45, 7) is 2.76. The van der Waals surface area contributed by atoms with Gasteiger partial charge in [0.15, 0.2) is 16.6 Å². The van der Waals surface area contributed by atoms with E-state index in [9.17, 15) is 4.79 Å². The van der Waals surface area contributed by atoms with Crippen molar-refractivity contribution in [3.63, 3.8) is 0 Å². The molecule has 1 aromatic heterocycles. The Morgan fingerprint density at radius 3 is 2.57 bits per heavy atom. The summed E-state index contributed by atoms with van der Waals surface area (Å²) in [5.41, 5.74) is 2.55. The van der Waals surface area contributed by atoms with Gasteiger partial charge in [-0.25, -0.2) is 4.98 Å². The summed E-state index contributed by atoms with van der Waals surface area (Å²) in [4.78, 5) is 16.7. The molecular formula is C23H24N2O4S. The van der Waals surface area contributed by atoms with Crippen molar-refractivity contribution in [1.29, 1.82) is 0 Å². The number of hydrogen-bond acceptors (Lipinski definition) is 6. The van der Waals surface area contributed by atoms with Gasteiger partial charge >= 0.3 is 0 Å². The lowest BCUT2D eigenvalue weighted by Crippen LogP contribution is -2.07. The second-order valence-electron chi connectivity index (χ2n) is 6.35. The second kappa shape index (κ2) is 10.5. The van der Waals surface area contributed by atoms with Crippen LogP contribution in [0.2, 0.25) is 0 Å². The molecule has 0 aliphatic carbocycles. The van der Waals surface area contributed by atoms with Crippen LogP contribution < -0.4 is 19.5 Å². The van der Waals surface area contributed by atoms with Crippen LogP contribution in [0, 0.1) is 0 Å². The minimum atomic E-state index is -0.241. The first-order chi connectivity index (χ1) is 14.6. The number of thiazole rings is 1. The molecule has 0 aliphatic heterocycles. The number of aromatic nitrogens is 1. The maximum atomic E-state index is 12.2. The zero-order valence-electron chi connectivity index (χ0n) is 17.2. The molecule has 30 heavy (non-hydrogen) atoms. The molecular weight excluding hydrogens is 400 g/mol. The maximum Gasteiger partial charge on any atom is 0.250 e. The molecule has 2 aromatic carbocycles. The van der Waals surface area contributed by atoms with Crippen molar-refractivity contribution in [1.82, 2.24) is 4.98 Å². The average Bonchev–Trinajstić information content (AvgIpc) is 3.24. The van der Waals surface area contributed by atoms with Gasteiger partial charge in [-0.05, 0) is 48.4 Å². The van der Waals surface area contributed by atoms with Gasteiger partial charge in [-0.1, -0.05) is 19.1 Å². The number of anilines is 1. The van der Waals surface area contributed by atoms with Gasteiger partial charge < -0.3 is 14.2 Å². The molecule has 6 nitrogen and oxygen atoms in total. The second-order valence-corrected chi connectivity index (χ2v) is 7.21. The van der Waals surface area contributed by atoms with Crippen LogP contribution >= 0.6 is 11.3 Å². The maximum absolute atomic E-state index is 12.2. The summed E-state index contributed by atoms with van der Waals surface area (Å²) in [6, 6.07) is 13.2. The number of benzene rings is 2. The van der Waals surface area contributed by atoms with Gasteiger partial charge in [-0.15, -0.1) is 11.3 Å². The van der Waals surface area contributed by atoms with E-state index in [0.717, 1.165) is 29.0 Å². The van der Waals surface area contributed by atoms with E-state index in [1.54, 1.807) is 20.3 Å². The summed E-state index contributed by atoms with van der Waals surface area (Å²) < 4.78 is 16.1. The first-order valence-corrected chi connectivity index (χ1v) is 10.4. The molecule has 3 aromatic rings. The van der Waals surface area contributed by atoms with Crippen LogP contribution in [0.4, 0.5) is 5.13 Å². The Morgan fingerprint density at radius 1 is 1.10 bits per heavy atom. The van der Waals surface area contributed by atoms with Gasteiger partial charge in [0.1, 0.15) is 5.75 Å². The monoisotopic (exact) mass is 424 g/mol.